The van der Waals surface area contributed by atoms with Gasteiger partial charge in [0.15, 0.2) is 11.5 Å². The quantitative estimate of drug-likeness (QED) is 0.736. The minimum Gasteiger partial charge on any atom is -0.496 e. The molecule has 1 aliphatic heterocycles. The van der Waals surface area contributed by atoms with Gasteiger partial charge in [-0.25, -0.2) is 0 Å². The van der Waals surface area contributed by atoms with E-state index in [4.69, 9.17) is 30.5 Å². The van der Waals surface area contributed by atoms with Crippen LogP contribution in [-0.2, 0) is 0 Å². The highest BCUT2D eigenvalue weighted by molar-refractivity contribution is 6.30. The summed E-state index contributed by atoms with van der Waals surface area (Å²) in [5, 5.41) is 4.13. The largest absolute Gasteiger partial charge is 0.496 e. The molecule has 1 atom stereocenters. The molecular formula is C22H29ClN2O4. The van der Waals surface area contributed by atoms with Crippen molar-refractivity contribution in [2.45, 2.75) is 12.5 Å². The van der Waals surface area contributed by atoms with E-state index in [2.05, 4.69) is 10.2 Å². The number of ether oxygens (including phenoxy) is 4. The number of rotatable bonds is 7. The minimum absolute atomic E-state index is 0.113. The standard InChI is InChI=1S/C22H29ClN2O4/c1-26-18-8-6-15(23)14-17(18)20(25-12-5-10-24-11-13-25)16-7-9-19(27-2)22(29-4)21(16)28-3/h6-9,14,20,24H,5,10-13H2,1-4H3. The summed E-state index contributed by atoms with van der Waals surface area (Å²) in [6.45, 7) is 3.73. The third kappa shape index (κ3) is 4.55. The molecule has 3 rings (SSSR count). The van der Waals surface area contributed by atoms with Crippen LogP contribution >= 0.6 is 11.6 Å². The summed E-state index contributed by atoms with van der Waals surface area (Å²) >= 11 is 6.39. The van der Waals surface area contributed by atoms with Crippen molar-refractivity contribution in [3.63, 3.8) is 0 Å². The van der Waals surface area contributed by atoms with Crippen LogP contribution in [0.25, 0.3) is 0 Å². The van der Waals surface area contributed by atoms with E-state index in [1.165, 1.54) is 0 Å². The summed E-state index contributed by atoms with van der Waals surface area (Å²) in [5.74, 6) is 2.64. The SMILES string of the molecule is COc1ccc(Cl)cc1C(c1ccc(OC)c(OC)c1OC)N1CCCNCC1. The van der Waals surface area contributed by atoms with E-state index in [9.17, 15) is 0 Å². The maximum atomic E-state index is 6.39. The lowest BCUT2D eigenvalue weighted by molar-refractivity contribution is 0.229. The lowest BCUT2D eigenvalue weighted by atomic mass is 9.94. The van der Waals surface area contributed by atoms with Gasteiger partial charge in [0.2, 0.25) is 5.75 Å². The molecule has 1 saturated heterocycles. The highest BCUT2D eigenvalue weighted by Gasteiger charge is 2.31. The smallest absolute Gasteiger partial charge is 0.203 e. The average molecular weight is 421 g/mol. The molecule has 0 radical (unpaired) electrons. The number of methoxy groups -OCH3 is 4. The second kappa shape index (κ2) is 10.1. The van der Waals surface area contributed by atoms with Crippen LogP contribution < -0.4 is 24.3 Å². The summed E-state index contributed by atoms with van der Waals surface area (Å²) < 4.78 is 22.6. The first-order valence-electron chi connectivity index (χ1n) is 9.71. The zero-order chi connectivity index (χ0) is 20.8. The van der Waals surface area contributed by atoms with Crippen molar-refractivity contribution < 1.29 is 18.9 Å². The van der Waals surface area contributed by atoms with Crippen LogP contribution in [0.1, 0.15) is 23.6 Å². The monoisotopic (exact) mass is 420 g/mol. The van der Waals surface area contributed by atoms with Crippen molar-refractivity contribution in [2.24, 2.45) is 0 Å². The van der Waals surface area contributed by atoms with Gasteiger partial charge in [-0.05, 0) is 43.3 Å². The third-order valence-electron chi connectivity index (χ3n) is 5.26. The molecule has 1 fully saturated rings. The van der Waals surface area contributed by atoms with E-state index in [1.807, 2.05) is 30.3 Å². The molecule has 1 aliphatic rings. The Hall–Kier alpha value is -2.15. The number of nitrogens with zero attached hydrogens (tertiary/aromatic N) is 1. The van der Waals surface area contributed by atoms with Crippen LogP contribution in [0.3, 0.4) is 0 Å². The first-order chi connectivity index (χ1) is 14.1. The highest BCUT2D eigenvalue weighted by atomic mass is 35.5. The predicted molar refractivity (Wildman–Crippen MR) is 115 cm³/mol. The fourth-order valence-electron chi connectivity index (χ4n) is 3.94. The Labute approximate surface area is 177 Å². The van der Waals surface area contributed by atoms with E-state index >= 15 is 0 Å². The summed E-state index contributed by atoms with van der Waals surface area (Å²) in [6.07, 6.45) is 1.05. The van der Waals surface area contributed by atoms with Crippen LogP contribution in [-0.4, -0.2) is 59.5 Å². The molecule has 0 amide bonds. The third-order valence-corrected chi connectivity index (χ3v) is 5.49. The van der Waals surface area contributed by atoms with Gasteiger partial charge in [0.05, 0.1) is 34.5 Å². The number of hydrogen-bond donors (Lipinski definition) is 1. The molecule has 0 aliphatic carbocycles. The van der Waals surface area contributed by atoms with Crippen LogP contribution in [0.4, 0.5) is 0 Å². The van der Waals surface area contributed by atoms with Crippen molar-refractivity contribution in [1.82, 2.24) is 10.2 Å². The normalized spacial score (nSPS) is 16.0. The molecule has 29 heavy (non-hydrogen) atoms. The average Bonchev–Trinajstić information content (AvgIpc) is 3.03. The van der Waals surface area contributed by atoms with Crippen molar-refractivity contribution >= 4 is 11.6 Å². The van der Waals surface area contributed by atoms with Gasteiger partial charge in [0, 0.05) is 35.8 Å². The highest BCUT2D eigenvalue weighted by Crippen LogP contribution is 2.47. The molecule has 0 saturated carbocycles. The van der Waals surface area contributed by atoms with Gasteiger partial charge < -0.3 is 24.3 Å². The van der Waals surface area contributed by atoms with Crippen molar-refractivity contribution in [2.75, 3.05) is 54.6 Å². The zero-order valence-corrected chi connectivity index (χ0v) is 18.2. The Bertz CT molecular complexity index is 823. The zero-order valence-electron chi connectivity index (χ0n) is 17.5. The first-order valence-corrected chi connectivity index (χ1v) is 10.1. The van der Waals surface area contributed by atoms with Crippen LogP contribution in [0.2, 0.25) is 5.02 Å². The van der Waals surface area contributed by atoms with Crippen LogP contribution in [0.15, 0.2) is 30.3 Å². The Kier molecular flexibility index (Phi) is 7.47. The summed E-state index contributed by atoms with van der Waals surface area (Å²) in [6, 6.07) is 9.56. The van der Waals surface area contributed by atoms with E-state index in [0.717, 1.165) is 49.5 Å². The van der Waals surface area contributed by atoms with Crippen LogP contribution in [0.5, 0.6) is 23.0 Å². The topological polar surface area (TPSA) is 52.2 Å². The molecule has 0 bridgehead atoms. The second-order valence-corrected chi connectivity index (χ2v) is 7.29. The van der Waals surface area contributed by atoms with E-state index in [1.54, 1.807) is 28.4 Å². The number of hydrogen-bond acceptors (Lipinski definition) is 6. The number of nitrogens with one attached hydrogen (secondary N) is 1. The Morgan fingerprint density at radius 3 is 2.24 bits per heavy atom. The van der Waals surface area contributed by atoms with Crippen LogP contribution in [0, 0.1) is 0 Å². The molecule has 1 N–H and O–H groups in total. The van der Waals surface area contributed by atoms with Gasteiger partial charge in [0.25, 0.3) is 0 Å². The molecule has 2 aromatic rings. The first kappa shape index (κ1) is 21.6. The van der Waals surface area contributed by atoms with Gasteiger partial charge in [-0.1, -0.05) is 11.6 Å². The molecule has 1 unspecified atom stereocenters. The minimum atomic E-state index is -0.113. The summed E-state index contributed by atoms with van der Waals surface area (Å²) in [5.41, 5.74) is 1.97. The van der Waals surface area contributed by atoms with Gasteiger partial charge in [-0.15, -0.1) is 0 Å². The van der Waals surface area contributed by atoms with Crippen molar-refractivity contribution in [3.8, 4) is 23.0 Å². The van der Waals surface area contributed by atoms with E-state index in [0.29, 0.717) is 22.3 Å². The summed E-state index contributed by atoms with van der Waals surface area (Å²) in [7, 11) is 6.57. The lowest BCUT2D eigenvalue weighted by Gasteiger charge is -2.33. The Morgan fingerprint density at radius 1 is 0.828 bits per heavy atom. The molecule has 2 aromatic carbocycles. The maximum absolute atomic E-state index is 6.39. The number of halogens is 1. The molecule has 158 valence electrons. The second-order valence-electron chi connectivity index (χ2n) is 6.85. The molecule has 0 aromatic heterocycles. The molecule has 0 spiro atoms. The Balaban J connectivity index is 2.22. The molecular weight excluding hydrogens is 392 g/mol. The fraction of sp³-hybridized carbons (Fsp3) is 0.455. The van der Waals surface area contributed by atoms with E-state index in [-0.39, 0.29) is 6.04 Å². The molecule has 7 heteroatoms. The lowest BCUT2D eigenvalue weighted by Crippen LogP contribution is -2.33. The van der Waals surface area contributed by atoms with Gasteiger partial charge in [0.1, 0.15) is 5.75 Å². The number of benzene rings is 2. The molecule has 1 heterocycles. The van der Waals surface area contributed by atoms with Gasteiger partial charge in [-0.2, -0.15) is 0 Å². The predicted octanol–water partition coefficient (Wildman–Crippen LogP) is 3.76. The fourth-order valence-corrected chi connectivity index (χ4v) is 4.12. The Morgan fingerprint density at radius 2 is 1.55 bits per heavy atom. The van der Waals surface area contributed by atoms with E-state index < -0.39 is 0 Å². The van der Waals surface area contributed by atoms with Crippen molar-refractivity contribution in [1.29, 1.82) is 0 Å². The van der Waals surface area contributed by atoms with Gasteiger partial charge >= 0.3 is 0 Å². The van der Waals surface area contributed by atoms with Crippen molar-refractivity contribution in [3.05, 3.63) is 46.5 Å². The maximum Gasteiger partial charge on any atom is 0.203 e. The summed E-state index contributed by atoms with van der Waals surface area (Å²) in [4.78, 5) is 2.43. The van der Waals surface area contributed by atoms with Gasteiger partial charge in [-0.3, -0.25) is 4.90 Å². The molecule has 6 nitrogen and oxygen atoms in total.